The Kier molecular flexibility index (Phi) is 4.02. The zero-order chi connectivity index (χ0) is 15.6. The molecule has 0 atom stereocenters. The van der Waals surface area contributed by atoms with E-state index in [9.17, 15) is 18.0 Å². The van der Waals surface area contributed by atoms with E-state index in [1.807, 2.05) is 0 Å². The number of benzene rings is 1. The molecule has 1 aromatic carbocycles. The second kappa shape index (κ2) is 5.59. The van der Waals surface area contributed by atoms with Crippen LogP contribution in [-0.2, 0) is 18.0 Å². The fourth-order valence-corrected chi connectivity index (χ4v) is 1.85. The van der Waals surface area contributed by atoms with Gasteiger partial charge in [-0.15, -0.1) is 0 Å². The van der Waals surface area contributed by atoms with Crippen LogP contribution in [0.2, 0.25) is 0 Å². The van der Waals surface area contributed by atoms with E-state index in [2.05, 4.69) is 4.98 Å². The van der Waals surface area contributed by atoms with Crippen LogP contribution in [0.3, 0.4) is 0 Å². The number of hydrogen-bond acceptors (Lipinski definition) is 3. The van der Waals surface area contributed by atoms with E-state index in [-0.39, 0.29) is 12.3 Å². The summed E-state index contributed by atoms with van der Waals surface area (Å²) < 4.78 is 43.9. The Hall–Kier alpha value is -2.31. The van der Waals surface area contributed by atoms with Crippen molar-refractivity contribution in [1.29, 1.82) is 0 Å². The summed E-state index contributed by atoms with van der Waals surface area (Å²) in [5.41, 5.74) is -0.124. The molecule has 112 valence electrons. The fourth-order valence-electron chi connectivity index (χ4n) is 1.85. The summed E-state index contributed by atoms with van der Waals surface area (Å²) in [5.74, 6) is -0.168. The maximum Gasteiger partial charge on any atom is 0.416 e. The third-order valence-corrected chi connectivity index (χ3v) is 2.83. The van der Waals surface area contributed by atoms with Gasteiger partial charge in [-0.05, 0) is 19.1 Å². The Morgan fingerprint density at radius 3 is 2.43 bits per heavy atom. The van der Waals surface area contributed by atoms with Gasteiger partial charge in [0.05, 0.1) is 12.2 Å². The fraction of sp³-hybridized carbons (Fsp3) is 0.286. The molecule has 0 aliphatic rings. The zero-order valence-electron chi connectivity index (χ0n) is 11.4. The predicted molar refractivity (Wildman–Crippen MR) is 69.6 cm³/mol. The molecule has 0 spiro atoms. The summed E-state index contributed by atoms with van der Waals surface area (Å²) in [6.45, 7) is 1.91. The maximum atomic E-state index is 12.5. The standard InChI is InChI=1S/C14H13F3N2O2/c1-3-21-13(20)11-8-19(2)12(18-11)9-4-6-10(7-5-9)14(15,16)17/h4-8H,3H2,1-2H3. The van der Waals surface area contributed by atoms with Gasteiger partial charge < -0.3 is 9.30 Å². The molecule has 0 unspecified atom stereocenters. The number of carbonyl (C=O) groups excluding carboxylic acids is 1. The monoisotopic (exact) mass is 298 g/mol. The minimum atomic E-state index is -4.38. The van der Waals surface area contributed by atoms with E-state index in [1.54, 1.807) is 18.5 Å². The number of aromatic nitrogens is 2. The van der Waals surface area contributed by atoms with Crippen molar-refractivity contribution in [2.45, 2.75) is 13.1 Å². The molecule has 1 aromatic heterocycles. The molecule has 0 N–H and O–H groups in total. The first kappa shape index (κ1) is 15.1. The van der Waals surface area contributed by atoms with Crippen molar-refractivity contribution >= 4 is 5.97 Å². The summed E-state index contributed by atoms with van der Waals surface area (Å²) in [5, 5.41) is 0. The molecule has 2 rings (SSSR count). The summed E-state index contributed by atoms with van der Waals surface area (Å²) in [6, 6.07) is 4.60. The Labute approximate surface area is 119 Å². The maximum absolute atomic E-state index is 12.5. The van der Waals surface area contributed by atoms with E-state index in [0.717, 1.165) is 12.1 Å². The second-order valence-electron chi connectivity index (χ2n) is 4.36. The average Bonchev–Trinajstić information content (AvgIpc) is 2.80. The molecule has 0 bridgehead atoms. The summed E-state index contributed by atoms with van der Waals surface area (Å²) >= 11 is 0. The van der Waals surface area contributed by atoms with Crippen LogP contribution >= 0.6 is 0 Å². The van der Waals surface area contributed by atoms with Gasteiger partial charge in [-0.25, -0.2) is 9.78 Å². The highest BCUT2D eigenvalue weighted by Gasteiger charge is 2.30. The first-order valence-corrected chi connectivity index (χ1v) is 6.21. The number of aryl methyl sites for hydroxylation is 1. The SMILES string of the molecule is CCOC(=O)c1cn(C)c(-c2ccc(C(F)(F)F)cc2)n1. The Morgan fingerprint density at radius 2 is 1.90 bits per heavy atom. The van der Waals surface area contributed by atoms with Crippen molar-refractivity contribution in [3.8, 4) is 11.4 Å². The largest absolute Gasteiger partial charge is 0.461 e. The van der Waals surface area contributed by atoms with Crippen LogP contribution in [0, 0.1) is 0 Å². The first-order chi connectivity index (χ1) is 9.82. The van der Waals surface area contributed by atoms with Crippen molar-refractivity contribution < 1.29 is 22.7 Å². The lowest BCUT2D eigenvalue weighted by Gasteiger charge is -2.07. The number of alkyl halides is 3. The number of halogens is 3. The van der Waals surface area contributed by atoms with Gasteiger partial charge in [0.15, 0.2) is 5.69 Å². The minimum Gasteiger partial charge on any atom is -0.461 e. The van der Waals surface area contributed by atoms with Crippen LogP contribution in [-0.4, -0.2) is 22.1 Å². The van der Waals surface area contributed by atoms with Crippen molar-refractivity contribution in [2.75, 3.05) is 6.61 Å². The molecule has 0 aliphatic carbocycles. The molecule has 0 saturated heterocycles. The van der Waals surface area contributed by atoms with Gasteiger partial charge in [0, 0.05) is 18.8 Å². The molecule has 21 heavy (non-hydrogen) atoms. The van der Waals surface area contributed by atoms with Crippen LogP contribution in [0.5, 0.6) is 0 Å². The van der Waals surface area contributed by atoms with Crippen molar-refractivity contribution in [1.82, 2.24) is 9.55 Å². The second-order valence-corrected chi connectivity index (χ2v) is 4.36. The molecule has 0 aliphatic heterocycles. The number of hydrogen-bond donors (Lipinski definition) is 0. The highest BCUT2D eigenvalue weighted by Crippen LogP contribution is 2.30. The zero-order valence-corrected chi connectivity index (χ0v) is 11.4. The van der Waals surface area contributed by atoms with Gasteiger partial charge >= 0.3 is 12.1 Å². The van der Waals surface area contributed by atoms with E-state index >= 15 is 0 Å². The van der Waals surface area contributed by atoms with Gasteiger partial charge in [-0.1, -0.05) is 12.1 Å². The molecule has 2 aromatic rings. The summed E-state index contributed by atoms with van der Waals surface area (Å²) in [6.07, 6.45) is -2.90. The number of ether oxygens (including phenoxy) is 1. The highest BCUT2D eigenvalue weighted by atomic mass is 19.4. The number of imidazole rings is 1. The third-order valence-electron chi connectivity index (χ3n) is 2.83. The van der Waals surface area contributed by atoms with Gasteiger partial charge in [-0.2, -0.15) is 13.2 Å². The quantitative estimate of drug-likeness (QED) is 0.817. The third kappa shape index (κ3) is 3.24. The van der Waals surface area contributed by atoms with E-state index in [1.165, 1.54) is 18.3 Å². The van der Waals surface area contributed by atoms with E-state index in [4.69, 9.17) is 4.74 Å². The summed E-state index contributed by atoms with van der Waals surface area (Å²) in [7, 11) is 1.66. The Bertz CT molecular complexity index is 645. The predicted octanol–water partition coefficient (Wildman–Crippen LogP) is 3.28. The van der Waals surface area contributed by atoms with E-state index < -0.39 is 17.7 Å². The first-order valence-electron chi connectivity index (χ1n) is 6.21. The lowest BCUT2D eigenvalue weighted by Crippen LogP contribution is -2.05. The molecule has 0 amide bonds. The summed E-state index contributed by atoms with van der Waals surface area (Å²) in [4.78, 5) is 15.7. The lowest BCUT2D eigenvalue weighted by molar-refractivity contribution is -0.137. The molecule has 0 saturated carbocycles. The molecule has 0 fully saturated rings. The molecular formula is C14H13F3N2O2. The molecule has 4 nitrogen and oxygen atoms in total. The minimum absolute atomic E-state index is 0.120. The average molecular weight is 298 g/mol. The van der Waals surface area contributed by atoms with E-state index in [0.29, 0.717) is 11.4 Å². The van der Waals surface area contributed by atoms with Crippen LogP contribution in [0.4, 0.5) is 13.2 Å². The van der Waals surface area contributed by atoms with Crippen LogP contribution in [0.1, 0.15) is 23.0 Å². The van der Waals surface area contributed by atoms with Crippen molar-refractivity contribution in [3.63, 3.8) is 0 Å². The van der Waals surface area contributed by atoms with Gasteiger partial charge in [0.25, 0.3) is 0 Å². The van der Waals surface area contributed by atoms with Crippen molar-refractivity contribution in [2.24, 2.45) is 7.05 Å². The molecular weight excluding hydrogens is 285 g/mol. The van der Waals surface area contributed by atoms with Gasteiger partial charge in [0.1, 0.15) is 5.82 Å². The Morgan fingerprint density at radius 1 is 1.29 bits per heavy atom. The number of nitrogens with zero attached hydrogens (tertiary/aromatic N) is 2. The smallest absolute Gasteiger partial charge is 0.416 e. The Balaban J connectivity index is 2.32. The lowest BCUT2D eigenvalue weighted by atomic mass is 10.1. The van der Waals surface area contributed by atoms with Crippen LogP contribution in [0.15, 0.2) is 30.5 Å². The number of carbonyl (C=O) groups is 1. The van der Waals surface area contributed by atoms with Gasteiger partial charge in [-0.3, -0.25) is 0 Å². The normalized spacial score (nSPS) is 11.5. The van der Waals surface area contributed by atoms with Crippen LogP contribution in [0.25, 0.3) is 11.4 Å². The van der Waals surface area contributed by atoms with Gasteiger partial charge in [0.2, 0.25) is 0 Å². The molecule has 0 radical (unpaired) electrons. The number of rotatable bonds is 3. The van der Waals surface area contributed by atoms with Crippen LogP contribution < -0.4 is 0 Å². The number of esters is 1. The topological polar surface area (TPSA) is 44.1 Å². The molecule has 7 heteroatoms. The molecule has 1 heterocycles. The van der Waals surface area contributed by atoms with Crippen molar-refractivity contribution in [3.05, 3.63) is 41.7 Å². The highest BCUT2D eigenvalue weighted by molar-refractivity contribution is 5.87.